The van der Waals surface area contributed by atoms with Crippen LogP contribution in [0.15, 0.2) is 16.6 Å². The van der Waals surface area contributed by atoms with Gasteiger partial charge in [-0.25, -0.2) is 0 Å². The molecule has 6 heteroatoms. The van der Waals surface area contributed by atoms with Crippen LogP contribution in [-0.2, 0) is 0 Å². The van der Waals surface area contributed by atoms with Crippen molar-refractivity contribution in [1.82, 2.24) is 0 Å². The van der Waals surface area contributed by atoms with Crippen molar-refractivity contribution in [2.45, 2.75) is 6.61 Å². The minimum absolute atomic E-state index is 0.0312. The fourth-order valence-electron chi connectivity index (χ4n) is 0.706. The summed E-state index contributed by atoms with van der Waals surface area (Å²) in [6.07, 6.45) is 0. The molecule has 1 nitrogen and oxygen atoms in total. The molecule has 0 saturated heterocycles. The fraction of sp³-hybridized carbons (Fsp3) is 0.143. The van der Waals surface area contributed by atoms with Crippen LogP contribution in [0.2, 0.25) is 10.0 Å². The van der Waals surface area contributed by atoms with E-state index in [1.165, 1.54) is 12.1 Å². The molecule has 0 heterocycles. The van der Waals surface area contributed by atoms with Gasteiger partial charge in [-0.05, 0) is 28.1 Å². The van der Waals surface area contributed by atoms with Gasteiger partial charge in [0.15, 0.2) is 5.75 Å². The topological polar surface area (TPSA) is 9.23 Å². The van der Waals surface area contributed by atoms with E-state index in [9.17, 15) is 8.78 Å². The zero-order valence-corrected chi connectivity index (χ0v) is 9.13. The third kappa shape index (κ3) is 2.69. The second-order valence-electron chi connectivity index (χ2n) is 2.05. The lowest BCUT2D eigenvalue weighted by molar-refractivity contribution is -0.0502. The summed E-state index contributed by atoms with van der Waals surface area (Å²) < 4.78 is 28.2. The maximum Gasteiger partial charge on any atom is 0.387 e. The van der Waals surface area contributed by atoms with E-state index in [-0.39, 0.29) is 15.8 Å². The maximum absolute atomic E-state index is 11.9. The van der Waals surface area contributed by atoms with Crippen LogP contribution in [0.4, 0.5) is 8.78 Å². The van der Waals surface area contributed by atoms with E-state index in [2.05, 4.69) is 20.7 Å². The van der Waals surface area contributed by atoms with E-state index < -0.39 is 6.61 Å². The van der Waals surface area contributed by atoms with Crippen molar-refractivity contribution in [1.29, 1.82) is 0 Å². The Kier molecular flexibility index (Phi) is 3.76. The Bertz CT molecular complexity index is 320. The molecule has 0 aliphatic rings. The SMILES string of the molecule is FC(F)Oc1c(Br)ccc(Cl)c1Cl. The molecule has 0 unspecified atom stereocenters. The van der Waals surface area contributed by atoms with Crippen molar-refractivity contribution in [3.63, 3.8) is 0 Å². The highest BCUT2D eigenvalue weighted by Gasteiger charge is 2.14. The molecule has 1 rings (SSSR count). The molecule has 0 aromatic heterocycles. The van der Waals surface area contributed by atoms with Crippen LogP contribution in [0.3, 0.4) is 0 Å². The highest BCUT2D eigenvalue weighted by atomic mass is 79.9. The van der Waals surface area contributed by atoms with E-state index in [0.29, 0.717) is 4.47 Å². The minimum Gasteiger partial charge on any atom is -0.432 e. The van der Waals surface area contributed by atoms with E-state index in [1.54, 1.807) is 0 Å². The molecular formula is C7H3BrCl2F2O. The average Bonchev–Trinajstić information content (AvgIpc) is 2.05. The van der Waals surface area contributed by atoms with Gasteiger partial charge in [-0.1, -0.05) is 23.2 Å². The van der Waals surface area contributed by atoms with Gasteiger partial charge >= 0.3 is 6.61 Å². The molecule has 0 fully saturated rings. The summed E-state index contributed by atoms with van der Waals surface area (Å²) in [4.78, 5) is 0. The third-order valence-corrected chi connectivity index (χ3v) is 2.62. The van der Waals surface area contributed by atoms with Crippen molar-refractivity contribution >= 4 is 39.1 Å². The highest BCUT2D eigenvalue weighted by molar-refractivity contribution is 9.10. The second-order valence-corrected chi connectivity index (χ2v) is 3.69. The van der Waals surface area contributed by atoms with Crippen LogP contribution in [0.25, 0.3) is 0 Å². The molecule has 0 aliphatic heterocycles. The van der Waals surface area contributed by atoms with Gasteiger partial charge in [0.1, 0.15) is 5.02 Å². The first-order chi connectivity index (χ1) is 6.02. The lowest BCUT2D eigenvalue weighted by Crippen LogP contribution is -2.03. The van der Waals surface area contributed by atoms with Gasteiger partial charge in [-0.2, -0.15) is 8.78 Å². The largest absolute Gasteiger partial charge is 0.432 e. The van der Waals surface area contributed by atoms with Crippen LogP contribution in [0.5, 0.6) is 5.75 Å². The van der Waals surface area contributed by atoms with Gasteiger partial charge in [-0.3, -0.25) is 0 Å². The summed E-state index contributed by atoms with van der Waals surface area (Å²) in [6, 6.07) is 2.96. The quantitative estimate of drug-likeness (QED) is 0.736. The van der Waals surface area contributed by atoms with E-state index in [1.807, 2.05) is 0 Å². The molecule has 0 aliphatic carbocycles. The average molecular weight is 292 g/mol. The van der Waals surface area contributed by atoms with Gasteiger partial charge in [0.2, 0.25) is 0 Å². The van der Waals surface area contributed by atoms with Crippen LogP contribution >= 0.6 is 39.1 Å². The van der Waals surface area contributed by atoms with Gasteiger partial charge in [0.05, 0.1) is 9.50 Å². The summed E-state index contributed by atoms with van der Waals surface area (Å²) >= 11 is 14.2. The monoisotopic (exact) mass is 290 g/mol. The first kappa shape index (κ1) is 11.0. The van der Waals surface area contributed by atoms with E-state index >= 15 is 0 Å². The molecule has 0 radical (unpaired) electrons. The minimum atomic E-state index is -2.92. The zero-order valence-electron chi connectivity index (χ0n) is 6.03. The number of alkyl halides is 2. The standard InChI is InChI=1S/C7H3BrCl2F2O/c8-3-1-2-4(9)5(10)6(3)13-7(11)12/h1-2,7H. The fourth-order valence-corrected chi connectivity index (χ4v) is 1.60. The number of hydrogen-bond acceptors (Lipinski definition) is 1. The maximum atomic E-state index is 11.9. The summed E-state index contributed by atoms with van der Waals surface area (Å²) in [5.41, 5.74) is 0. The van der Waals surface area contributed by atoms with Crippen LogP contribution in [0.1, 0.15) is 0 Å². The van der Waals surface area contributed by atoms with Crippen LogP contribution in [-0.4, -0.2) is 6.61 Å². The molecule has 0 atom stereocenters. The normalized spacial score (nSPS) is 10.6. The van der Waals surface area contributed by atoms with Crippen molar-refractivity contribution in [2.24, 2.45) is 0 Å². The van der Waals surface area contributed by atoms with Crippen LogP contribution in [0, 0.1) is 0 Å². The number of hydrogen-bond donors (Lipinski definition) is 0. The molecule has 1 aromatic carbocycles. The predicted molar refractivity (Wildman–Crippen MR) is 50.8 cm³/mol. The van der Waals surface area contributed by atoms with Crippen molar-refractivity contribution in [3.8, 4) is 5.75 Å². The van der Waals surface area contributed by atoms with E-state index in [4.69, 9.17) is 23.2 Å². The second kappa shape index (κ2) is 4.44. The smallest absolute Gasteiger partial charge is 0.387 e. The molecule has 72 valence electrons. The Hall–Kier alpha value is -0.0600. The Balaban J connectivity index is 3.10. The third-order valence-electron chi connectivity index (χ3n) is 1.21. The highest BCUT2D eigenvalue weighted by Crippen LogP contribution is 2.38. The van der Waals surface area contributed by atoms with Gasteiger partial charge in [0, 0.05) is 0 Å². The summed E-state index contributed by atoms with van der Waals surface area (Å²) in [5, 5.41) is 0.136. The molecule has 13 heavy (non-hydrogen) atoms. The van der Waals surface area contributed by atoms with Gasteiger partial charge in [0.25, 0.3) is 0 Å². The predicted octanol–water partition coefficient (Wildman–Crippen LogP) is 4.36. The van der Waals surface area contributed by atoms with Gasteiger partial charge in [-0.15, -0.1) is 0 Å². The number of rotatable bonds is 2. The molecule has 0 N–H and O–H groups in total. The Morgan fingerprint density at radius 3 is 2.46 bits per heavy atom. The number of benzene rings is 1. The van der Waals surface area contributed by atoms with Crippen molar-refractivity contribution < 1.29 is 13.5 Å². The Morgan fingerprint density at radius 1 is 1.31 bits per heavy atom. The first-order valence-electron chi connectivity index (χ1n) is 3.10. The first-order valence-corrected chi connectivity index (χ1v) is 4.65. The molecule has 0 spiro atoms. The van der Waals surface area contributed by atoms with E-state index in [0.717, 1.165) is 0 Å². The zero-order chi connectivity index (χ0) is 10.0. The molecule has 1 aromatic rings. The lowest BCUT2D eigenvalue weighted by Gasteiger charge is -2.09. The summed E-state index contributed by atoms with van der Waals surface area (Å²) in [6.45, 7) is -2.92. The van der Waals surface area contributed by atoms with Crippen molar-refractivity contribution in [3.05, 3.63) is 26.7 Å². The van der Waals surface area contributed by atoms with Gasteiger partial charge < -0.3 is 4.74 Å². The molecule has 0 bridgehead atoms. The Morgan fingerprint density at radius 2 is 1.92 bits per heavy atom. The number of halogens is 5. The van der Waals surface area contributed by atoms with Crippen molar-refractivity contribution in [2.75, 3.05) is 0 Å². The van der Waals surface area contributed by atoms with Crippen LogP contribution < -0.4 is 4.74 Å². The Labute approximate surface area is 91.7 Å². The summed E-state index contributed by atoms with van der Waals surface area (Å²) in [5.74, 6) is -0.149. The summed E-state index contributed by atoms with van der Waals surface area (Å²) in [7, 11) is 0. The number of ether oxygens (including phenoxy) is 1. The molecule has 0 saturated carbocycles. The lowest BCUT2D eigenvalue weighted by atomic mass is 10.3. The molecule has 0 amide bonds. The molecular weight excluding hydrogens is 289 g/mol.